The molecule has 0 aromatic carbocycles. The second kappa shape index (κ2) is 5.14. The minimum absolute atomic E-state index is 0.0839. The van der Waals surface area contributed by atoms with E-state index in [9.17, 15) is 4.79 Å². The van der Waals surface area contributed by atoms with E-state index in [2.05, 4.69) is 0 Å². The molecule has 1 heterocycles. The third-order valence-corrected chi connectivity index (χ3v) is 2.00. The van der Waals surface area contributed by atoms with Crippen molar-refractivity contribution in [3.63, 3.8) is 0 Å². The molecule has 0 N–H and O–H groups in total. The number of carbonyl (C=O) groups excluding carboxylic acids is 1. The molecule has 0 atom stereocenters. The topological polar surface area (TPSA) is 29.5 Å². The van der Waals surface area contributed by atoms with Gasteiger partial charge in [-0.15, -0.1) is 5.06 Å². The highest BCUT2D eigenvalue weighted by molar-refractivity contribution is 5.68. The molecule has 0 saturated carbocycles. The maximum absolute atomic E-state index is 11.0. The molecule has 3 nitrogen and oxygen atoms in total. The van der Waals surface area contributed by atoms with E-state index in [1.807, 2.05) is 6.92 Å². The molecule has 0 spiro atoms. The molecule has 3 heteroatoms. The minimum atomic E-state index is -0.0839. The molecule has 1 fully saturated rings. The number of piperidine rings is 1. The number of hydrogen-bond donors (Lipinski definition) is 0. The Balaban J connectivity index is 2.15. The molecule has 0 aromatic heterocycles. The summed E-state index contributed by atoms with van der Waals surface area (Å²) < 4.78 is 0. The lowest BCUT2D eigenvalue weighted by Gasteiger charge is -2.24. The summed E-state index contributed by atoms with van der Waals surface area (Å²) in [7, 11) is 0. The Morgan fingerprint density at radius 3 is 2.58 bits per heavy atom. The van der Waals surface area contributed by atoms with Gasteiger partial charge < -0.3 is 4.84 Å². The maximum Gasteiger partial charge on any atom is 0.325 e. The van der Waals surface area contributed by atoms with Gasteiger partial charge in [-0.05, 0) is 19.3 Å². The Morgan fingerprint density at radius 2 is 2.00 bits per heavy atom. The fourth-order valence-electron chi connectivity index (χ4n) is 1.35. The van der Waals surface area contributed by atoms with Gasteiger partial charge >= 0.3 is 5.97 Å². The molecule has 1 aliphatic rings. The van der Waals surface area contributed by atoms with Crippen LogP contribution in [0.3, 0.4) is 0 Å². The highest BCUT2D eigenvalue weighted by atomic mass is 16.7. The van der Waals surface area contributed by atoms with Crippen molar-refractivity contribution in [3.05, 3.63) is 0 Å². The predicted octanol–water partition coefficient (Wildman–Crippen LogP) is 1.73. The van der Waals surface area contributed by atoms with E-state index >= 15 is 0 Å². The molecule has 0 aromatic rings. The molecule has 0 aliphatic carbocycles. The van der Waals surface area contributed by atoms with E-state index < -0.39 is 0 Å². The summed E-state index contributed by atoms with van der Waals surface area (Å²) in [5.74, 6) is -0.0839. The van der Waals surface area contributed by atoms with E-state index in [0.29, 0.717) is 6.42 Å². The first-order chi connectivity index (χ1) is 5.83. The van der Waals surface area contributed by atoms with Crippen LogP contribution in [-0.4, -0.2) is 24.1 Å². The second-order valence-corrected chi connectivity index (χ2v) is 3.20. The van der Waals surface area contributed by atoms with Crippen molar-refractivity contribution < 1.29 is 9.63 Å². The molecule has 0 bridgehead atoms. The van der Waals surface area contributed by atoms with Crippen LogP contribution in [-0.2, 0) is 9.63 Å². The molecule has 70 valence electrons. The van der Waals surface area contributed by atoms with Crippen molar-refractivity contribution in [1.82, 2.24) is 5.06 Å². The standard InChI is InChI=1S/C9H17NO2/c1-2-6-9(11)12-10-7-4-3-5-8-10/h2-8H2,1H3. The molecule has 0 unspecified atom stereocenters. The average Bonchev–Trinajstić information content (AvgIpc) is 2.06. The summed E-state index contributed by atoms with van der Waals surface area (Å²) >= 11 is 0. The van der Waals surface area contributed by atoms with E-state index in [0.717, 1.165) is 32.4 Å². The van der Waals surface area contributed by atoms with Crippen LogP contribution in [0, 0.1) is 0 Å². The maximum atomic E-state index is 11.0. The first-order valence-corrected chi connectivity index (χ1v) is 4.78. The first-order valence-electron chi connectivity index (χ1n) is 4.78. The number of hydrogen-bond acceptors (Lipinski definition) is 3. The second-order valence-electron chi connectivity index (χ2n) is 3.20. The summed E-state index contributed by atoms with van der Waals surface area (Å²) in [5, 5.41) is 1.79. The molecule has 0 amide bonds. The lowest BCUT2D eigenvalue weighted by Crippen LogP contribution is -2.32. The van der Waals surface area contributed by atoms with Gasteiger partial charge in [0, 0.05) is 19.5 Å². The van der Waals surface area contributed by atoms with Crippen molar-refractivity contribution in [1.29, 1.82) is 0 Å². The van der Waals surface area contributed by atoms with Crippen LogP contribution in [0.1, 0.15) is 39.0 Å². The smallest absolute Gasteiger partial charge is 0.325 e. The van der Waals surface area contributed by atoms with Crippen molar-refractivity contribution in [2.45, 2.75) is 39.0 Å². The lowest BCUT2D eigenvalue weighted by molar-refractivity contribution is -0.194. The fourth-order valence-corrected chi connectivity index (χ4v) is 1.35. The van der Waals surface area contributed by atoms with Crippen molar-refractivity contribution >= 4 is 5.97 Å². The molecule has 1 rings (SSSR count). The Bertz CT molecular complexity index is 141. The first kappa shape index (κ1) is 9.52. The normalized spacial score (nSPS) is 19.1. The molecule has 0 radical (unpaired) electrons. The lowest BCUT2D eigenvalue weighted by atomic mass is 10.2. The number of rotatable bonds is 3. The minimum Gasteiger partial charge on any atom is -0.368 e. The van der Waals surface area contributed by atoms with Gasteiger partial charge in [-0.2, -0.15) is 0 Å². The summed E-state index contributed by atoms with van der Waals surface area (Å²) in [6.45, 7) is 3.81. The van der Waals surface area contributed by atoms with Crippen LogP contribution >= 0.6 is 0 Å². The van der Waals surface area contributed by atoms with Crippen LogP contribution in [0.5, 0.6) is 0 Å². The van der Waals surface area contributed by atoms with Gasteiger partial charge in [0.05, 0.1) is 0 Å². The van der Waals surface area contributed by atoms with Gasteiger partial charge in [-0.1, -0.05) is 13.3 Å². The SMILES string of the molecule is CCCC(=O)ON1CCCCC1. The Kier molecular flexibility index (Phi) is 4.08. The Hall–Kier alpha value is -0.570. The summed E-state index contributed by atoms with van der Waals surface area (Å²) in [6, 6.07) is 0. The van der Waals surface area contributed by atoms with Crippen LogP contribution < -0.4 is 0 Å². The van der Waals surface area contributed by atoms with Gasteiger partial charge in [0.25, 0.3) is 0 Å². The largest absolute Gasteiger partial charge is 0.368 e. The molecule has 1 saturated heterocycles. The number of carbonyl (C=O) groups is 1. The fraction of sp³-hybridized carbons (Fsp3) is 0.889. The van der Waals surface area contributed by atoms with Crippen molar-refractivity contribution in [2.75, 3.05) is 13.1 Å². The van der Waals surface area contributed by atoms with Crippen LogP contribution in [0.25, 0.3) is 0 Å². The van der Waals surface area contributed by atoms with Gasteiger partial charge in [0.1, 0.15) is 0 Å². The quantitative estimate of drug-likeness (QED) is 0.647. The zero-order valence-corrected chi connectivity index (χ0v) is 7.71. The molecular weight excluding hydrogens is 154 g/mol. The molecule has 12 heavy (non-hydrogen) atoms. The van der Waals surface area contributed by atoms with E-state index in [-0.39, 0.29) is 5.97 Å². The van der Waals surface area contributed by atoms with Crippen molar-refractivity contribution in [2.24, 2.45) is 0 Å². The van der Waals surface area contributed by atoms with Crippen LogP contribution in [0.4, 0.5) is 0 Å². The highest BCUT2D eigenvalue weighted by Gasteiger charge is 2.13. The molecular formula is C9H17NO2. The Morgan fingerprint density at radius 1 is 1.33 bits per heavy atom. The third kappa shape index (κ3) is 3.22. The summed E-state index contributed by atoms with van der Waals surface area (Å²) in [6.07, 6.45) is 4.98. The summed E-state index contributed by atoms with van der Waals surface area (Å²) in [4.78, 5) is 16.2. The predicted molar refractivity (Wildman–Crippen MR) is 46.4 cm³/mol. The third-order valence-electron chi connectivity index (χ3n) is 2.00. The van der Waals surface area contributed by atoms with Gasteiger partial charge in [-0.25, -0.2) is 0 Å². The van der Waals surface area contributed by atoms with Gasteiger partial charge in [0.2, 0.25) is 0 Å². The zero-order chi connectivity index (χ0) is 8.81. The van der Waals surface area contributed by atoms with Gasteiger partial charge in [-0.3, -0.25) is 4.79 Å². The van der Waals surface area contributed by atoms with E-state index in [1.54, 1.807) is 5.06 Å². The Labute approximate surface area is 73.6 Å². The number of nitrogens with zero attached hydrogens (tertiary/aromatic N) is 1. The van der Waals surface area contributed by atoms with E-state index in [1.165, 1.54) is 6.42 Å². The van der Waals surface area contributed by atoms with Crippen molar-refractivity contribution in [3.8, 4) is 0 Å². The highest BCUT2D eigenvalue weighted by Crippen LogP contribution is 2.09. The van der Waals surface area contributed by atoms with Crippen LogP contribution in [0.2, 0.25) is 0 Å². The van der Waals surface area contributed by atoms with Crippen LogP contribution in [0.15, 0.2) is 0 Å². The monoisotopic (exact) mass is 171 g/mol. The molecule has 1 aliphatic heterocycles. The zero-order valence-electron chi connectivity index (χ0n) is 7.71. The van der Waals surface area contributed by atoms with E-state index in [4.69, 9.17) is 4.84 Å². The van der Waals surface area contributed by atoms with Gasteiger partial charge in [0.15, 0.2) is 0 Å². The number of hydroxylamine groups is 2. The average molecular weight is 171 g/mol. The summed E-state index contributed by atoms with van der Waals surface area (Å²) in [5.41, 5.74) is 0.